The minimum Gasteiger partial charge on any atom is -0.214 e. The zero-order valence-corrected chi connectivity index (χ0v) is 12.1. The third-order valence-corrected chi connectivity index (χ3v) is 13.0. The molecular weight excluding hydrogens is 537 g/mol. The summed E-state index contributed by atoms with van der Waals surface area (Å²) in [4.78, 5) is 0. The summed E-state index contributed by atoms with van der Waals surface area (Å²) in [6.07, 6.45) is 0. The zero-order chi connectivity index (χ0) is 7.00. The molecule has 0 amide bonds. The van der Waals surface area contributed by atoms with Gasteiger partial charge >= 0.3 is 0 Å². The number of alkyl halides is 3. The molecule has 0 aliphatic rings. The van der Waals surface area contributed by atoms with Gasteiger partial charge in [0.25, 0.3) is 0 Å². The topological polar surface area (TPSA) is 34.1 Å². The van der Waals surface area contributed by atoms with Crippen molar-refractivity contribution >= 4 is 90.9 Å². The third kappa shape index (κ3) is 3.71. The first-order valence-electron chi connectivity index (χ1n) is 1.26. The van der Waals surface area contributed by atoms with Crippen LogP contribution in [0.1, 0.15) is 0 Å². The highest BCUT2D eigenvalue weighted by atomic mass is 127. The number of halogens is 4. The van der Waals surface area contributed by atoms with Crippen LogP contribution in [0.5, 0.6) is 0 Å². The average molecular weight is 537 g/mol. The van der Waals surface area contributed by atoms with Crippen molar-refractivity contribution in [3.8, 4) is 0 Å². The lowest BCUT2D eigenvalue weighted by atomic mass is 11.9. The van der Waals surface area contributed by atoms with E-state index in [1.807, 2.05) is 67.8 Å². The van der Waals surface area contributed by atoms with Crippen molar-refractivity contribution in [1.29, 1.82) is 0 Å². The molecule has 50 valence electrons. The molecule has 7 heteroatoms. The lowest BCUT2D eigenvalue weighted by Crippen LogP contribution is -2.08. The van der Waals surface area contributed by atoms with Crippen LogP contribution >= 0.6 is 82.6 Å². The fourth-order valence-corrected chi connectivity index (χ4v) is 0. The first-order chi connectivity index (χ1) is 3.25. The second kappa shape index (κ2) is 3.34. The van der Waals surface area contributed by atoms with Crippen molar-refractivity contribution in [1.82, 2.24) is 0 Å². The van der Waals surface area contributed by atoms with E-state index in [0.29, 0.717) is 0 Å². The normalized spacial score (nSPS) is 14.0. The molecule has 0 N–H and O–H groups in total. The highest BCUT2D eigenvalue weighted by Crippen LogP contribution is 2.43. The van der Waals surface area contributed by atoms with Crippen molar-refractivity contribution in [2.45, 2.75) is -1.23 Å². The van der Waals surface area contributed by atoms with Crippen molar-refractivity contribution in [3.05, 3.63) is 0 Å². The summed E-state index contributed by atoms with van der Waals surface area (Å²) in [5.41, 5.74) is 0. The molecule has 0 unspecified atom stereocenters. The molecule has 0 aromatic carbocycles. The van der Waals surface area contributed by atoms with Gasteiger partial charge in [0.15, 0.2) is 0 Å². The molecule has 0 aliphatic carbocycles. The van der Waals surface area contributed by atoms with E-state index in [1.165, 1.54) is 0 Å². The third-order valence-electron chi connectivity index (χ3n) is 0.276. The van der Waals surface area contributed by atoms with Crippen molar-refractivity contribution in [3.63, 3.8) is 0 Å². The molecule has 0 fully saturated rings. The maximum Gasteiger partial charge on any atom is 0.242 e. The molecule has 0 aromatic rings. The monoisotopic (exact) mass is 536 g/mol. The van der Waals surface area contributed by atoms with Crippen LogP contribution < -0.4 is 0 Å². The predicted molar refractivity (Wildman–Crippen MR) is 62.6 cm³/mol. The molecule has 0 bridgehead atoms. The highest BCUT2D eigenvalue weighted by molar-refractivity contribution is 14.3. The number of hydrogen-bond donors (Lipinski definition) is 0. The van der Waals surface area contributed by atoms with E-state index < -0.39 is 7.04 Å². The Hall–Kier alpha value is 2.62. The molecule has 0 atom stereocenters. The predicted octanol–water partition coefficient (Wildman–Crippen LogP) is 2.63. The summed E-state index contributed by atoms with van der Waals surface area (Å²) >= 11 is 8.01. The molecule has 0 radical (unpaired) electrons. The number of hydrogen-bond acceptors (Lipinski definition) is 2. The molecule has 0 saturated heterocycles. The van der Waals surface area contributed by atoms with E-state index >= 15 is 0 Å². The van der Waals surface area contributed by atoms with Gasteiger partial charge in [0.2, 0.25) is 7.04 Å². The van der Waals surface area contributed by atoms with Crippen LogP contribution in [0.3, 0.4) is 0 Å². The van der Waals surface area contributed by atoms with E-state index in [4.69, 9.17) is 0 Å². The van der Waals surface area contributed by atoms with Crippen LogP contribution in [0.4, 0.5) is 0 Å². The Morgan fingerprint density at radius 1 is 1.25 bits per heavy atom. The second-order valence-corrected chi connectivity index (χ2v) is 18.2. The summed E-state index contributed by atoms with van der Waals surface area (Å²) < 4.78 is 20.3. The largest absolute Gasteiger partial charge is 0.242 e. The Bertz CT molecular complexity index is 166. The van der Waals surface area contributed by atoms with E-state index in [2.05, 4.69) is 14.8 Å². The summed E-state index contributed by atoms with van der Waals surface area (Å²) in [6.45, 7) is 0. The smallest absolute Gasteiger partial charge is 0.214 e. The minimum atomic E-state index is -3.07. The quantitative estimate of drug-likeness (QED) is 0.294. The van der Waals surface area contributed by atoms with Gasteiger partial charge in [0, 0.05) is 0 Å². The van der Waals surface area contributed by atoms with Crippen LogP contribution in [-0.4, -0.2) is 7.19 Å². The Labute approximate surface area is 96.1 Å². The van der Waals surface area contributed by atoms with Gasteiger partial charge in [0.1, 0.15) is 0 Å². The second-order valence-electron chi connectivity index (χ2n) is 0.884. The Morgan fingerprint density at radius 2 is 1.38 bits per heavy atom. The summed E-state index contributed by atoms with van der Waals surface area (Å²) in [7, 11) is -3.07. The van der Waals surface area contributed by atoms with Gasteiger partial charge in [-0.1, -0.05) is 0 Å². The van der Waals surface area contributed by atoms with Crippen LogP contribution in [0.2, 0.25) is 0 Å². The minimum absolute atomic E-state index is 0.764. The zero-order valence-electron chi connectivity index (χ0n) is 3.24. The molecule has 2 nitrogen and oxygen atoms in total. The van der Waals surface area contributed by atoms with Gasteiger partial charge < -0.3 is 0 Å². The fraction of sp³-hybridized carbons (Fsp3) is 1.00. The standard InChI is InChI=1S/CBrI3O2S/c2-8(6,7)1(3,4)5. The van der Waals surface area contributed by atoms with Gasteiger partial charge in [0.05, 0.1) is 14.8 Å². The first-order valence-corrected chi connectivity index (χ1v) is 7.82. The van der Waals surface area contributed by atoms with Gasteiger partial charge in [-0.3, -0.25) is 0 Å². The summed E-state index contributed by atoms with van der Waals surface area (Å²) in [5.74, 6) is 0. The average Bonchev–Trinajstić information content (AvgIpc) is 1.25. The Balaban J connectivity index is 4.53. The van der Waals surface area contributed by atoms with Gasteiger partial charge in [-0.15, -0.1) is 0 Å². The summed E-state index contributed by atoms with van der Waals surface area (Å²) in [6, 6.07) is 0. The molecule has 0 spiro atoms. The van der Waals surface area contributed by atoms with Crippen LogP contribution in [0.25, 0.3) is 0 Å². The molecule has 0 heterocycles. The van der Waals surface area contributed by atoms with Gasteiger partial charge in [-0.05, 0) is 67.8 Å². The SMILES string of the molecule is O=S(=O)(Br)C(I)(I)I. The molecule has 0 aliphatic heterocycles. The maximum absolute atomic E-state index is 10.5. The van der Waals surface area contributed by atoms with E-state index in [0.717, 1.165) is 0 Å². The molecule has 0 saturated carbocycles. The van der Waals surface area contributed by atoms with E-state index in [-0.39, 0.29) is 0 Å². The summed E-state index contributed by atoms with van der Waals surface area (Å²) in [5, 5.41) is 0. The maximum atomic E-state index is 10.5. The molecule has 8 heavy (non-hydrogen) atoms. The Kier molecular flexibility index (Phi) is 4.44. The van der Waals surface area contributed by atoms with Crippen LogP contribution in [-0.2, 0) is 8.27 Å². The fourth-order valence-electron chi connectivity index (χ4n) is 0. The van der Waals surface area contributed by atoms with Crippen LogP contribution in [0, 0.1) is 0 Å². The van der Waals surface area contributed by atoms with Crippen molar-refractivity contribution in [2.75, 3.05) is 0 Å². The first kappa shape index (κ1) is 10.6. The van der Waals surface area contributed by atoms with Gasteiger partial charge in [-0.25, -0.2) is 8.42 Å². The highest BCUT2D eigenvalue weighted by Gasteiger charge is 2.32. The van der Waals surface area contributed by atoms with Crippen LogP contribution in [0.15, 0.2) is 0 Å². The Morgan fingerprint density at radius 3 is 1.38 bits per heavy atom. The lowest BCUT2D eigenvalue weighted by molar-refractivity contribution is 0.615. The van der Waals surface area contributed by atoms with Crippen molar-refractivity contribution in [2.24, 2.45) is 0 Å². The van der Waals surface area contributed by atoms with Gasteiger partial charge in [-0.2, -0.15) is 0 Å². The lowest BCUT2D eigenvalue weighted by Gasteiger charge is -2.05. The van der Waals surface area contributed by atoms with E-state index in [9.17, 15) is 8.42 Å². The van der Waals surface area contributed by atoms with Crippen molar-refractivity contribution < 1.29 is 8.42 Å². The molecule has 0 rings (SSSR count). The van der Waals surface area contributed by atoms with E-state index in [1.54, 1.807) is 0 Å². The number of rotatable bonds is 1. The molecule has 0 aromatic heterocycles. The molecular formula is CBrI3O2S.